The Kier molecular flexibility index (Phi) is 6.25. The fourth-order valence-corrected chi connectivity index (χ4v) is 9.28. The summed E-state index contributed by atoms with van der Waals surface area (Å²) in [5, 5.41) is 45.3. The molecule has 5 aliphatic rings. The average molecular weight is 521 g/mol. The summed E-state index contributed by atoms with van der Waals surface area (Å²) in [5.41, 5.74) is -3.75. The van der Waals surface area contributed by atoms with Gasteiger partial charge in [-0.2, -0.15) is 0 Å². The highest BCUT2D eigenvalue weighted by atomic mass is 16.7. The molecule has 0 amide bonds. The van der Waals surface area contributed by atoms with Gasteiger partial charge in [0.05, 0.1) is 35.1 Å². The summed E-state index contributed by atoms with van der Waals surface area (Å²) in [6.45, 7) is 13.2. The molecule has 4 fully saturated rings. The zero-order chi connectivity index (χ0) is 27.4. The lowest BCUT2D eigenvalue weighted by atomic mass is 9.45. The number of hydrogen-bond donors (Lipinski definition) is 4. The third-order valence-electron chi connectivity index (χ3n) is 11.4. The van der Waals surface area contributed by atoms with Crippen LogP contribution >= 0.6 is 0 Å². The number of fused-ring (bicyclic) bond motifs is 6. The van der Waals surface area contributed by atoms with Crippen molar-refractivity contribution >= 4 is 5.78 Å². The van der Waals surface area contributed by atoms with E-state index in [-0.39, 0.29) is 47.6 Å². The van der Waals surface area contributed by atoms with Crippen molar-refractivity contribution < 1.29 is 34.7 Å². The van der Waals surface area contributed by atoms with Crippen LogP contribution in [0.5, 0.6) is 0 Å². The summed E-state index contributed by atoms with van der Waals surface area (Å²) >= 11 is 0. The van der Waals surface area contributed by atoms with Crippen LogP contribution in [-0.4, -0.2) is 67.1 Å². The smallest absolute Gasteiger partial charge is 0.163 e. The van der Waals surface area contributed by atoms with Gasteiger partial charge in [0.1, 0.15) is 0 Å². The van der Waals surface area contributed by atoms with Gasteiger partial charge in [-0.3, -0.25) is 4.79 Å². The van der Waals surface area contributed by atoms with Gasteiger partial charge in [0, 0.05) is 11.3 Å². The number of aliphatic hydroxyl groups is 4. The summed E-state index contributed by atoms with van der Waals surface area (Å²) in [5.74, 6) is -1.02. The van der Waals surface area contributed by atoms with Crippen molar-refractivity contribution in [1.82, 2.24) is 0 Å². The van der Waals surface area contributed by atoms with Crippen molar-refractivity contribution in [2.75, 3.05) is 0 Å². The molecule has 1 heterocycles. The van der Waals surface area contributed by atoms with Crippen LogP contribution in [0.3, 0.4) is 0 Å². The minimum atomic E-state index is -1.43. The van der Waals surface area contributed by atoms with Crippen LogP contribution < -0.4 is 0 Å². The van der Waals surface area contributed by atoms with Gasteiger partial charge in [-0.1, -0.05) is 13.8 Å². The highest BCUT2D eigenvalue weighted by Gasteiger charge is 2.69. The Morgan fingerprint density at radius 3 is 2.32 bits per heavy atom. The van der Waals surface area contributed by atoms with Gasteiger partial charge < -0.3 is 29.9 Å². The zero-order valence-corrected chi connectivity index (χ0v) is 23.7. The quantitative estimate of drug-likeness (QED) is 0.437. The number of carbonyl (C=O) groups is 1. The summed E-state index contributed by atoms with van der Waals surface area (Å²) in [7, 11) is 0. The Bertz CT molecular complexity index is 979. The molecule has 7 nitrogen and oxygen atoms in total. The van der Waals surface area contributed by atoms with Crippen LogP contribution in [0.1, 0.15) is 99.8 Å². The summed E-state index contributed by atoms with van der Waals surface area (Å²) in [4.78, 5) is 13.6. The van der Waals surface area contributed by atoms with Crippen molar-refractivity contribution in [2.45, 2.75) is 141 Å². The Balaban J connectivity index is 1.44. The number of ether oxygens (including phenoxy) is 2. The highest BCUT2D eigenvalue weighted by Crippen LogP contribution is 2.69. The first-order valence-electron chi connectivity index (χ1n) is 14.3. The molecule has 2 unspecified atom stereocenters. The molecule has 4 N–H and O–H groups in total. The van der Waals surface area contributed by atoms with Crippen LogP contribution in [0.15, 0.2) is 11.6 Å². The van der Waals surface area contributed by atoms with Crippen molar-refractivity contribution in [3.05, 3.63) is 11.6 Å². The lowest BCUT2D eigenvalue weighted by Gasteiger charge is -2.60. The van der Waals surface area contributed by atoms with Crippen molar-refractivity contribution in [3.63, 3.8) is 0 Å². The number of rotatable bonds is 5. The number of carbonyl (C=O) groups excluding carboxylic acids is 1. The topological polar surface area (TPSA) is 116 Å². The molecule has 4 aliphatic carbocycles. The molecule has 37 heavy (non-hydrogen) atoms. The van der Waals surface area contributed by atoms with E-state index in [1.54, 1.807) is 26.8 Å². The van der Waals surface area contributed by atoms with Crippen LogP contribution in [0.4, 0.5) is 0 Å². The molecule has 210 valence electrons. The van der Waals surface area contributed by atoms with Crippen molar-refractivity contribution in [1.29, 1.82) is 0 Å². The number of ketones is 1. The van der Waals surface area contributed by atoms with Gasteiger partial charge in [0.25, 0.3) is 0 Å². The van der Waals surface area contributed by atoms with Gasteiger partial charge in [-0.05, 0) is 115 Å². The van der Waals surface area contributed by atoms with E-state index in [0.717, 1.165) is 18.4 Å². The monoisotopic (exact) mass is 520 g/mol. The normalized spacial score (nSPS) is 47.3. The van der Waals surface area contributed by atoms with E-state index in [9.17, 15) is 25.2 Å². The van der Waals surface area contributed by atoms with E-state index in [4.69, 9.17) is 9.47 Å². The predicted octanol–water partition coefficient (Wildman–Crippen LogP) is 3.65. The maximum atomic E-state index is 13.6. The van der Waals surface area contributed by atoms with E-state index in [2.05, 4.69) is 6.92 Å². The minimum Gasteiger partial charge on any atom is -0.390 e. The minimum absolute atomic E-state index is 0.0605. The molecular formula is C30H48O7. The van der Waals surface area contributed by atoms with Crippen molar-refractivity contribution in [2.24, 2.45) is 28.6 Å². The molecule has 1 aliphatic heterocycles. The first kappa shape index (κ1) is 27.7. The van der Waals surface area contributed by atoms with E-state index in [1.165, 1.54) is 0 Å². The van der Waals surface area contributed by atoms with Crippen LogP contribution in [-0.2, 0) is 14.3 Å². The lowest BCUT2D eigenvalue weighted by Crippen LogP contribution is -2.62. The Labute approximate surface area is 221 Å². The maximum Gasteiger partial charge on any atom is 0.163 e. The third-order valence-corrected chi connectivity index (χ3v) is 11.4. The fraction of sp³-hybridized carbons (Fsp3) is 0.900. The first-order valence-corrected chi connectivity index (χ1v) is 14.3. The second-order valence-electron chi connectivity index (χ2n) is 14.8. The largest absolute Gasteiger partial charge is 0.390 e. The van der Waals surface area contributed by atoms with Crippen LogP contribution in [0.25, 0.3) is 0 Å². The molecule has 0 aromatic heterocycles. The van der Waals surface area contributed by atoms with Crippen LogP contribution in [0, 0.1) is 28.6 Å². The highest BCUT2D eigenvalue weighted by molar-refractivity contribution is 5.95. The maximum absolute atomic E-state index is 13.6. The molecule has 10 atom stereocenters. The molecule has 5 rings (SSSR count). The molecule has 0 bridgehead atoms. The number of allylic oxidation sites excluding steroid dienone is 1. The molecule has 0 aromatic carbocycles. The number of hydrogen-bond acceptors (Lipinski definition) is 7. The molecular weight excluding hydrogens is 472 g/mol. The van der Waals surface area contributed by atoms with Crippen LogP contribution in [0.2, 0.25) is 0 Å². The molecule has 0 spiro atoms. The second kappa shape index (κ2) is 8.34. The predicted molar refractivity (Wildman–Crippen MR) is 138 cm³/mol. The van der Waals surface area contributed by atoms with E-state index >= 15 is 0 Å². The Morgan fingerprint density at radius 2 is 1.68 bits per heavy atom. The Morgan fingerprint density at radius 1 is 1.03 bits per heavy atom. The van der Waals surface area contributed by atoms with E-state index < -0.39 is 34.1 Å². The van der Waals surface area contributed by atoms with Gasteiger partial charge in [0.2, 0.25) is 0 Å². The van der Waals surface area contributed by atoms with Gasteiger partial charge in [0.15, 0.2) is 11.6 Å². The molecule has 1 saturated heterocycles. The zero-order valence-electron chi connectivity index (χ0n) is 23.7. The van der Waals surface area contributed by atoms with Gasteiger partial charge in [-0.15, -0.1) is 0 Å². The second-order valence-corrected chi connectivity index (χ2v) is 14.8. The van der Waals surface area contributed by atoms with Gasteiger partial charge in [-0.25, -0.2) is 0 Å². The first-order chi connectivity index (χ1) is 16.8. The summed E-state index contributed by atoms with van der Waals surface area (Å²) in [6.07, 6.45) is 5.11. The SMILES string of the molecule is CC(C)(O)CC[C@@H](O)[C@@](C)(O)C1CC[C@@]2(O)C3=CC(=O)[C@@H]4C[C@H]5OC(C)(C)O[C@H]5C[C@]4(C)C3CC[C@]12C. The molecule has 0 aromatic rings. The Hall–Kier alpha value is -0.830. The standard InChI is InChI=1S/C30H48O7/c1-25(2,33)11-10-24(32)29(7,34)23-9-13-30(35)18-14-20(31)19-15-21-22(37-26(3,4)36-21)16-27(19,5)17(18)8-12-28(23,30)6/h14,17,19,21-24,32-35H,8-13,15-16H2,1-7H3/t17?,19-,21+,22-,23?,24+,27+,28+,29-,30+/m0/s1. The molecule has 0 radical (unpaired) electrons. The summed E-state index contributed by atoms with van der Waals surface area (Å²) in [6, 6.07) is 0. The lowest BCUT2D eigenvalue weighted by molar-refractivity contribution is -0.174. The fourth-order valence-electron chi connectivity index (χ4n) is 9.28. The molecule has 3 saturated carbocycles. The molecule has 7 heteroatoms. The number of aliphatic hydroxyl groups excluding tert-OH is 1. The average Bonchev–Trinajstić information content (AvgIpc) is 3.21. The van der Waals surface area contributed by atoms with E-state index in [0.29, 0.717) is 32.1 Å². The third kappa shape index (κ3) is 4.10. The van der Waals surface area contributed by atoms with Crippen molar-refractivity contribution in [3.8, 4) is 0 Å². The van der Waals surface area contributed by atoms with E-state index in [1.807, 2.05) is 20.8 Å². The summed E-state index contributed by atoms with van der Waals surface area (Å²) < 4.78 is 12.4. The van der Waals surface area contributed by atoms with Gasteiger partial charge >= 0.3 is 0 Å².